The van der Waals surface area contributed by atoms with Gasteiger partial charge in [-0.25, -0.2) is 4.79 Å². The molecule has 0 aliphatic heterocycles. The standard InChI is InChI=1S/C14H20N2O3/c1-4-10(15)8-13(17)16-12-6-5-9(2)7-11(12)14(18)19-3/h5-7,10H,4,8,15H2,1-3H3,(H,16,17). The van der Waals surface area contributed by atoms with Gasteiger partial charge in [0, 0.05) is 12.5 Å². The van der Waals surface area contributed by atoms with Crippen LogP contribution in [0, 0.1) is 6.92 Å². The molecule has 1 rings (SSSR count). The van der Waals surface area contributed by atoms with Gasteiger partial charge in [0.05, 0.1) is 18.4 Å². The molecule has 104 valence electrons. The van der Waals surface area contributed by atoms with E-state index in [-0.39, 0.29) is 18.4 Å². The maximum absolute atomic E-state index is 11.8. The van der Waals surface area contributed by atoms with E-state index in [2.05, 4.69) is 5.32 Å². The maximum Gasteiger partial charge on any atom is 0.339 e. The van der Waals surface area contributed by atoms with Crippen LogP contribution in [0.4, 0.5) is 5.69 Å². The SMILES string of the molecule is CCC(N)CC(=O)Nc1ccc(C)cc1C(=O)OC. The summed E-state index contributed by atoms with van der Waals surface area (Å²) in [6, 6.07) is 5.02. The molecule has 3 N–H and O–H groups in total. The lowest BCUT2D eigenvalue weighted by atomic mass is 10.1. The minimum absolute atomic E-state index is 0.174. The lowest BCUT2D eigenvalue weighted by Crippen LogP contribution is -2.26. The molecule has 5 heteroatoms. The van der Waals surface area contributed by atoms with E-state index in [1.54, 1.807) is 12.1 Å². The zero-order valence-electron chi connectivity index (χ0n) is 11.5. The molecule has 0 saturated heterocycles. The molecule has 1 amide bonds. The Kier molecular flexibility index (Phi) is 5.51. The number of carbonyl (C=O) groups excluding carboxylic acids is 2. The molecule has 0 aliphatic rings. The Labute approximate surface area is 113 Å². The van der Waals surface area contributed by atoms with Crippen LogP contribution in [0.2, 0.25) is 0 Å². The van der Waals surface area contributed by atoms with E-state index in [4.69, 9.17) is 10.5 Å². The molecule has 0 aromatic heterocycles. The van der Waals surface area contributed by atoms with Gasteiger partial charge in [0.25, 0.3) is 0 Å². The second-order valence-electron chi connectivity index (χ2n) is 4.46. The van der Waals surface area contributed by atoms with Crippen LogP contribution in [-0.4, -0.2) is 25.0 Å². The number of amides is 1. The van der Waals surface area contributed by atoms with Crippen molar-refractivity contribution in [3.63, 3.8) is 0 Å². The molecule has 0 heterocycles. The number of anilines is 1. The zero-order valence-corrected chi connectivity index (χ0v) is 11.5. The minimum atomic E-state index is -0.473. The first-order chi connectivity index (χ1) is 8.97. The van der Waals surface area contributed by atoms with Crippen molar-refractivity contribution >= 4 is 17.6 Å². The van der Waals surface area contributed by atoms with E-state index >= 15 is 0 Å². The summed E-state index contributed by atoms with van der Waals surface area (Å²) in [6.07, 6.45) is 0.955. The van der Waals surface area contributed by atoms with Gasteiger partial charge in [0.2, 0.25) is 5.91 Å². The number of hydrogen-bond acceptors (Lipinski definition) is 4. The minimum Gasteiger partial charge on any atom is -0.465 e. The second-order valence-corrected chi connectivity index (χ2v) is 4.46. The van der Waals surface area contributed by atoms with Crippen molar-refractivity contribution in [3.05, 3.63) is 29.3 Å². The Morgan fingerprint density at radius 2 is 2.11 bits per heavy atom. The van der Waals surface area contributed by atoms with Gasteiger partial charge >= 0.3 is 5.97 Å². The quantitative estimate of drug-likeness (QED) is 0.795. The zero-order chi connectivity index (χ0) is 14.4. The highest BCUT2D eigenvalue weighted by Gasteiger charge is 2.15. The Hall–Kier alpha value is -1.88. The van der Waals surface area contributed by atoms with Crippen molar-refractivity contribution in [1.82, 2.24) is 0 Å². The number of aryl methyl sites for hydroxylation is 1. The molecule has 1 atom stereocenters. The summed E-state index contributed by atoms with van der Waals surface area (Å²) in [5.41, 5.74) is 7.44. The first-order valence-electron chi connectivity index (χ1n) is 6.22. The van der Waals surface area contributed by atoms with Crippen LogP contribution in [-0.2, 0) is 9.53 Å². The fraction of sp³-hybridized carbons (Fsp3) is 0.429. The lowest BCUT2D eigenvalue weighted by molar-refractivity contribution is -0.116. The van der Waals surface area contributed by atoms with Crippen molar-refractivity contribution < 1.29 is 14.3 Å². The van der Waals surface area contributed by atoms with Crippen molar-refractivity contribution in [3.8, 4) is 0 Å². The predicted octanol–water partition coefficient (Wildman–Crippen LogP) is 1.85. The van der Waals surface area contributed by atoms with Gasteiger partial charge in [0.1, 0.15) is 0 Å². The third kappa shape index (κ3) is 4.37. The summed E-state index contributed by atoms with van der Waals surface area (Å²) >= 11 is 0. The third-order valence-corrected chi connectivity index (χ3v) is 2.83. The molecule has 0 saturated carbocycles. The van der Waals surface area contributed by atoms with Crippen molar-refractivity contribution in [2.24, 2.45) is 5.73 Å². The molecular formula is C14H20N2O3. The van der Waals surface area contributed by atoms with E-state index in [9.17, 15) is 9.59 Å². The van der Waals surface area contributed by atoms with Gasteiger partial charge in [-0.3, -0.25) is 4.79 Å². The summed E-state index contributed by atoms with van der Waals surface area (Å²) in [4.78, 5) is 23.4. The number of methoxy groups -OCH3 is 1. The summed E-state index contributed by atoms with van der Waals surface area (Å²) in [5.74, 6) is -0.679. The largest absolute Gasteiger partial charge is 0.465 e. The highest BCUT2D eigenvalue weighted by Crippen LogP contribution is 2.18. The van der Waals surface area contributed by atoms with Gasteiger partial charge < -0.3 is 15.8 Å². The Morgan fingerprint density at radius 1 is 1.42 bits per heavy atom. The summed E-state index contributed by atoms with van der Waals surface area (Å²) in [5, 5.41) is 2.70. The number of ether oxygens (including phenoxy) is 1. The average molecular weight is 264 g/mol. The van der Waals surface area contributed by atoms with Crippen LogP contribution >= 0.6 is 0 Å². The third-order valence-electron chi connectivity index (χ3n) is 2.83. The molecule has 19 heavy (non-hydrogen) atoms. The number of hydrogen-bond donors (Lipinski definition) is 2. The highest BCUT2D eigenvalue weighted by atomic mass is 16.5. The molecule has 0 fully saturated rings. The Bertz CT molecular complexity index is 472. The van der Waals surface area contributed by atoms with Gasteiger partial charge in [-0.1, -0.05) is 18.6 Å². The molecule has 5 nitrogen and oxygen atoms in total. The van der Waals surface area contributed by atoms with E-state index in [0.29, 0.717) is 11.3 Å². The molecule has 0 radical (unpaired) electrons. The molecule has 1 aromatic carbocycles. The summed E-state index contributed by atoms with van der Waals surface area (Å²) in [7, 11) is 1.31. The number of carbonyl (C=O) groups is 2. The van der Waals surface area contributed by atoms with Crippen molar-refractivity contribution in [1.29, 1.82) is 0 Å². The van der Waals surface area contributed by atoms with Gasteiger partial charge in [-0.2, -0.15) is 0 Å². The fourth-order valence-corrected chi connectivity index (χ4v) is 1.63. The van der Waals surface area contributed by atoms with Crippen LogP contribution in [0.3, 0.4) is 0 Å². The molecule has 0 bridgehead atoms. The predicted molar refractivity (Wildman–Crippen MR) is 74.0 cm³/mol. The van der Waals surface area contributed by atoms with E-state index in [1.807, 2.05) is 19.9 Å². The number of nitrogens with one attached hydrogen (secondary N) is 1. The normalized spacial score (nSPS) is 11.8. The lowest BCUT2D eigenvalue weighted by Gasteiger charge is -2.12. The molecule has 0 aliphatic carbocycles. The number of nitrogens with two attached hydrogens (primary N) is 1. The summed E-state index contributed by atoms with van der Waals surface area (Å²) in [6.45, 7) is 3.79. The number of esters is 1. The van der Waals surface area contributed by atoms with Crippen LogP contribution < -0.4 is 11.1 Å². The molecule has 0 spiro atoms. The Morgan fingerprint density at radius 3 is 2.68 bits per heavy atom. The molecular weight excluding hydrogens is 244 g/mol. The van der Waals surface area contributed by atoms with Gasteiger partial charge in [-0.05, 0) is 25.5 Å². The average Bonchev–Trinajstić information content (AvgIpc) is 2.39. The van der Waals surface area contributed by atoms with Crippen LogP contribution in [0.5, 0.6) is 0 Å². The van der Waals surface area contributed by atoms with E-state index in [1.165, 1.54) is 7.11 Å². The summed E-state index contributed by atoms with van der Waals surface area (Å²) < 4.78 is 4.70. The van der Waals surface area contributed by atoms with Gasteiger partial charge in [-0.15, -0.1) is 0 Å². The number of benzene rings is 1. The van der Waals surface area contributed by atoms with Gasteiger partial charge in [0.15, 0.2) is 0 Å². The Balaban J connectivity index is 2.88. The van der Waals surface area contributed by atoms with Crippen molar-refractivity contribution in [2.75, 3.05) is 12.4 Å². The second kappa shape index (κ2) is 6.89. The molecule has 1 unspecified atom stereocenters. The van der Waals surface area contributed by atoms with Crippen LogP contribution in [0.15, 0.2) is 18.2 Å². The highest BCUT2D eigenvalue weighted by molar-refractivity contribution is 6.01. The fourth-order valence-electron chi connectivity index (χ4n) is 1.63. The van der Waals surface area contributed by atoms with E-state index in [0.717, 1.165) is 12.0 Å². The van der Waals surface area contributed by atoms with Crippen LogP contribution in [0.1, 0.15) is 35.7 Å². The van der Waals surface area contributed by atoms with Crippen LogP contribution in [0.25, 0.3) is 0 Å². The molecule has 1 aromatic rings. The number of rotatable bonds is 5. The van der Waals surface area contributed by atoms with Crippen molar-refractivity contribution in [2.45, 2.75) is 32.7 Å². The first kappa shape index (κ1) is 15.2. The maximum atomic E-state index is 11.8. The van der Waals surface area contributed by atoms with E-state index < -0.39 is 5.97 Å². The monoisotopic (exact) mass is 264 g/mol. The first-order valence-corrected chi connectivity index (χ1v) is 6.22. The topological polar surface area (TPSA) is 81.4 Å². The smallest absolute Gasteiger partial charge is 0.339 e.